The maximum absolute atomic E-state index is 11.8. The molecule has 0 atom stereocenters. The van der Waals surface area contributed by atoms with E-state index >= 15 is 0 Å². The molecule has 4 rings (SSSR count). The average Bonchev–Trinajstić information content (AvgIpc) is 3.13. The number of rotatable bonds is 5. The fraction of sp³-hybridized carbons (Fsp3) is 0.318. The fourth-order valence-electron chi connectivity index (χ4n) is 4.04. The minimum Gasteiger partial charge on any atom is -0.392 e. The summed E-state index contributed by atoms with van der Waals surface area (Å²) in [4.78, 5) is 22.3. The molecule has 0 saturated carbocycles. The monoisotopic (exact) mass is 391 g/mol. The molecule has 0 spiro atoms. The molecular weight excluding hydrogens is 366 g/mol. The standard InChI is InChI=1S/C22H25N5O2/c1-2-19(29)26-9-7-15(8-10-26)11-27-12-18(17-5-3-16(13-28)4-6-17)20-21(23)24-14-25-22(20)27/h2-6,12,14-15,28H,1,7-11,13H2,(H2,23,24,25). The van der Waals surface area contributed by atoms with Gasteiger partial charge in [-0.2, -0.15) is 0 Å². The van der Waals surface area contributed by atoms with Crippen molar-refractivity contribution in [2.45, 2.75) is 26.0 Å². The van der Waals surface area contributed by atoms with E-state index in [0.717, 1.165) is 60.2 Å². The topological polar surface area (TPSA) is 97.3 Å². The number of aliphatic hydroxyl groups excluding tert-OH is 1. The predicted molar refractivity (Wildman–Crippen MR) is 113 cm³/mol. The van der Waals surface area contributed by atoms with E-state index in [2.05, 4.69) is 27.3 Å². The van der Waals surface area contributed by atoms with Gasteiger partial charge in [0.2, 0.25) is 5.91 Å². The number of carbonyl (C=O) groups is 1. The number of hydrogen-bond donors (Lipinski definition) is 2. The second kappa shape index (κ2) is 8.05. The summed E-state index contributed by atoms with van der Waals surface area (Å²) >= 11 is 0. The lowest BCUT2D eigenvalue weighted by molar-refractivity contribution is -0.127. The van der Waals surface area contributed by atoms with E-state index in [1.165, 1.54) is 12.4 Å². The zero-order chi connectivity index (χ0) is 20.4. The maximum Gasteiger partial charge on any atom is 0.245 e. The van der Waals surface area contributed by atoms with Gasteiger partial charge in [0.1, 0.15) is 17.8 Å². The Kier molecular flexibility index (Phi) is 5.31. The molecule has 1 aliphatic rings. The first kappa shape index (κ1) is 19.1. The number of aromatic nitrogens is 3. The van der Waals surface area contributed by atoms with Gasteiger partial charge in [0, 0.05) is 31.4 Å². The van der Waals surface area contributed by atoms with Gasteiger partial charge in [0.25, 0.3) is 0 Å². The molecule has 0 bridgehead atoms. The molecule has 0 unspecified atom stereocenters. The van der Waals surface area contributed by atoms with E-state index in [-0.39, 0.29) is 12.5 Å². The van der Waals surface area contributed by atoms with Gasteiger partial charge >= 0.3 is 0 Å². The van der Waals surface area contributed by atoms with Crippen molar-refractivity contribution in [3.8, 4) is 11.1 Å². The number of nitrogen functional groups attached to an aromatic ring is 1. The summed E-state index contributed by atoms with van der Waals surface area (Å²) in [7, 11) is 0. The Hall–Kier alpha value is -3.19. The summed E-state index contributed by atoms with van der Waals surface area (Å²) in [6, 6.07) is 7.78. The smallest absolute Gasteiger partial charge is 0.245 e. The second-order valence-corrected chi connectivity index (χ2v) is 7.48. The highest BCUT2D eigenvalue weighted by atomic mass is 16.3. The highest BCUT2D eigenvalue weighted by molar-refractivity contribution is 6.00. The van der Waals surface area contributed by atoms with Crippen LogP contribution in [0.3, 0.4) is 0 Å². The highest BCUT2D eigenvalue weighted by Gasteiger charge is 2.23. The Morgan fingerprint density at radius 1 is 1.24 bits per heavy atom. The molecule has 7 heteroatoms. The van der Waals surface area contributed by atoms with Crippen LogP contribution in [0.15, 0.2) is 49.4 Å². The largest absolute Gasteiger partial charge is 0.392 e. The van der Waals surface area contributed by atoms with Crippen LogP contribution in [-0.4, -0.2) is 43.5 Å². The van der Waals surface area contributed by atoms with Crippen LogP contribution in [-0.2, 0) is 17.9 Å². The number of anilines is 1. The third kappa shape index (κ3) is 3.73. The summed E-state index contributed by atoms with van der Waals surface area (Å²) < 4.78 is 2.15. The molecule has 3 aromatic rings. The Balaban J connectivity index is 1.63. The van der Waals surface area contributed by atoms with E-state index < -0.39 is 0 Å². The van der Waals surface area contributed by atoms with Gasteiger partial charge in [-0.25, -0.2) is 9.97 Å². The Bertz CT molecular complexity index is 1030. The maximum atomic E-state index is 11.8. The average molecular weight is 391 g/mol. The summed E-state index contributed by atoms with van der Waals surface area (Å²) in [6.45, 7) is 5.91. The Morgan fingerprint density at radius 3 is 2.62 bits per heavy atom. The second-order valence-electron chi connectivity index (χ2n) is 7.48. The van der Waals surface area contributed by atoms with E-state index in [4.69, 9.17) is 5.73 Å². The molecule has 150 valence electrons. The van der Waals surface area contributed by atoms with Crippen LogP contribution >= 0.6 is 0 Å². The van der Waals surface area contributed by atoms with Crippen LogP contribution < -0.4 is 5.73 Å². The molecular formula is C22H25N5O2. The van der Waals surface area contributed by atoms with Gasteiger partial charge in [0.15, 0.2) is 0 Å². The van der Waals surface area contributed by atoms with Crippen molar-refractivity contribution in [1.29, 1.82) is 0 Å². The van der Waals surface area contributed by atoms with Crippen molar-refractivity contribution in [2.24, 2.45) is 5.92 Å². The lowest BCUT2D eigenvalue weighted by Crippen LogP contribution is -2.38. The number of nitrogens with two attached hydrogens (primary N) is 1. The van der Waals surface area contributed by atoms with Crippen LogP contribution in [0.2, 0.25) is 0 Å². The van der Waals surface area contributed by atoms with Crippen LogP contribution in [0.5, 0.6) is 0 Å². The van der Waals surface area contributed by atoms with Gasteiger partial charge in [-0.3, -0.25) is 4.79 Å². The number of nitrogens with zero attached hydrogens (tertiary/aromatic N) is 4. The molecule has 1 amide bonds. The number of aliphatic hydroxyl groups is 1. The van der Waals surface area contributed by atoms with Gasteiger partial charge in [-0.15, -0.1) is 0 Å². The zero-order valence-corrected chi connectivity index (χ0v) is 16.3. The van der Waals surface area contributed by atoms with E-state index in [1.54, 1.807) is 0 Å². The normalized spacial score (nSPS) is 15.0. The van der Waals surface area contributed by atoms with Crippen LogP contribution in [0, 0.1) is 5.92 Å². The minimum atomic E-state index is 0.00370. The Labute approximate surface area is 169 Å². The molecule has 1 aromatic carbocycles. The van der Waals surface area contributed by atoms with E-state index in [0.29, 0.717) is 11.7 Å². The van der Waals surface area contributed by atoms with Gasteiger partial charge in [-0.05, 0) is 36.0 Å². The molecule has 3 heterocycles. The summed E-state index contributed by atoms with van der Waals surface area (Å²) in [6.07, 6.45) is 6.86. The highest BCUT2D eigenvalue weighted by Crippen LogP contribution is 2.34. The van der Waals surface area contributed by atoms with Crippen LogP contribution in [0.4, 0.5) is 5.82 Å². The first-order chi connectivity index (χ1) is 14.1. The molecule has 7 nitrogen and oxygen atoms in total. The zero-order valence-electron chi connectivity index (χ0n) is 16.3. The van der Waals surface area contributed by atoms with Gasteiger partial charge in [0.05, 0.1) is 12.0 Å². The van der Waals surface area contributed by atoms with Gasteiger partial charge < -0.3 is 20.3 Å². The molecule has 1 fully saturated rings. The number of amides is 1. The van der Waals surface area contributed by atoms with Crippen molar-refractivity contribution >= 4 is 22.8 Å². The number of benzene rings is 1. The number of likely N-dealkylation sites (tertiary alicyclic amines) is 1. The van der Waals surface area contributed by atoms with Crippen molar-refractivity contribution in [2.75, 3.05) is 18.8 Å². The molecule has 3 N–H and O–H groups in total. The summed E-state index contributed by atoms with van der Waals surface area (Å²) in [5.41, 5.74) is 9.89. The third-order valence-corrected chi connectivity index (χ3v) is 5.69. The molecule has 1 saturated heterocycles. The Morgan fingerprint density at radius 2 is 1.97 bits per heavy atom. The van der Waals surface area contributed by atoms with Crippen molar-refractivity contribution in [3.63, 3.8) is 0 Å². The van der Waals surface area contributed by atoms with E-state index in [9.17, 15) is 9.90 Å². The molecule has 29 heavy (non-hydrogen) atoms. The van der Waals surface area contributed by atoms with Gasteiger partial charge in [-0.1, -0.05) is 30.8 Å². The van der Waals surface area contributed by atoms with Crippen molar-refractivity contribution in [1.82, 2.24) is 19.4 Å². The lowest BCUT2D eigenvalue weighted by atomic mass is 9.96. The molecule has 2 aromatic heterocycles. The third-order valence-electron chi connectivity index (χ3n) is 5.69. The quantitative estimate of drug-likeness (QED) is 0.652. The number of piperidine rings is 1. The first-order valence-corrected chi connectivity index (χ1v) is 9.81. The number of fused-ring (bicyclic) bond motifs is 1. The SMILES string of the molecule is C=CC(=O)N1CCC(Cn2cc(-c3ccc(CO)cc3)c3c(N)ncnc32)CC1. The minimum absolute atomic E-state index is 0.00370. The predicted octanol–water partition coefficient (Wildman–Crippen LogP) is 2.60. The molecule has 1 aliphatic heterocycles. The summed E-state index contributed by atoms with van der Waals surface area (Å²) in [5, 5.41) is 10.1. The van der Waals surface area contributed by atoms with Crippen LogP contribution in [0.25, 0.3) is 22.2 Å². The summed E-state index contributed by atoms with van der Waals surface area (Å²) in [5.74, 6) is 0.922. The fourth-order valence-corrected chi connectivity index (χ4v) is 4.04. The number of carbonyl (C=O) groups excluding carboxylic acids is 1. The van der Waals surface area contributed by atoms with Crippen molar-refractivity contribution in [3.05, 3.63) is 55.0 Å². The lowest BCUT2D eigenvalue weighted by Gasteiger charge is -2.31. The van der Waals surface area contributed by atoms with Crippen LogP contribution in [0.1, 0.15) is 18.4 Å². The molecule has 0 radical (unpaired) electrons. The van der Waals surface area contributed by atoms with E-state index in [1.807, 2.05) is 29.2 Å². The first-order valence-electron chi connectivity index (χ1n) is 9.81. The molecule has 0 aliphatic carbocycles. The number of hydrogen-bond acceptors (Lipinski definition) is 5. The van der Waals surface area contributed by atoms with Crippen molar-refractivity contribution < 1.29 is 9.90 Å².